The predicted molar refractivity (Wildman–Crippen MR) is 57.5 cm³/mol. The van der Waals surface area contributed by atoms with Crippen molar-refractivity contribution in [1.82, 2.24) is 0 Å². The van der Waals surface area contributed by atoms with Crippen molar-refractivity contribution >= 4 is 0 Å². The highest BCUT2D eigenvalue weighted by Crippen LogP contribution is 2.09. The van der Waals surface area contributed by atoms with Crippen molar-refractivity contribution < 1.29 is 1.37 Å². The molecule has 0 bridgehead atoms. The van der Waals surface area contributed by atoms with Crippen molar-refractivity contribution in [2.24, 2.45) is 0 Å². The molecule has 0 aliphatic carbocycles. The molecule has 74 valence electrons. The molecule has 0 aromatic heterocycles. The zero-order valence-corrected chi connectivity index (χ0v) is 8.94. The lowest BCUT2D eigenvalue weighted by molar-refractivity contribution is 0.562. The van der Waals surface area contributed by atoms with Gasteiger partial charge in [-0.05, 0) is 0 Å². The Kier molecular flexibility index (Phi) is 9.24. The SMILES string of the molecule is [3H]C(C)CCCCCCCCCC. The summed E-state index contributed by atoms with van der Waals surface area (Å²) in [5, 5.41) is 0. The highest BCUT2D eigenvalue weighted by atomic mass is 14.0. The monoisotopic (exact) mass is 172 g/mol. The summed E-state index contributed by atoms with van der Waals surface area (Å²) in [5.74, 6) is 0. The lowest BCUT2D eigenvalue weighted by Crippen LogP contribution is -1.80. The van der Waals surface area contributed by atoms with E-state index in [4.69, 9.17) is 1.37 Å². The highest BCUT2D eigenvalue weighted by molar-refractivity contribution is 4.45. The van der Waals surface area contributed by atoms with Crippen molar-refractivity contribution in [3.63, 3.8) is 0 Å². The van der Waals surface area contributed by atoms with E-state index in [1.807, 2.05) is 6.92 Å². The molecule has 0 saturated heterocycles. The molecule has 0 aliphatic heterocycles. The van der Waals surface area contributed by atoms with Crippen molar-refractivity contribution in [2.45, 2.75) is 78.0 Å². The van der Waals surface area contributed by atoms with Crippen LogP contribution in [0, 0.1) is 0 Å². The van der Waals surface area contributed by atoms with Gasteiger partial charge in [0.05, 0.1) is 0 Å². The van der Waals surface area contributed by atoms with E-state index >= 15 is 0 Å². The van der Waals surface area contributed by atoms with Crippen LogP contribution in [0.4, 0.5) is 0 Å². The molecule has 0 radical (unpaired) electrons. The molecule has 12 heavy (non-hydrogen) atoms. The van der Waals surface area contributed by atoms with E-state index in [0.29, 0.717) is 0 Å². The van der Waals surface area contributed by atoms with E-state index in [1.165, 1.54) is 51.4 Å². The third-order valence-electron chi connectivity index (χ3n) is 2.35. The van der Waals surface area contributed by atoms with Gasteiger partial charge in [0.2, 0.25) is 0 Å². The summed E-state index contributed by atoms with van der Waals surface area (Å²) in [6, 6.07) is 0. The minimum Gasteiger partial charge on any atom is -0.0654 e. The van der Waals surface area contributed by atoms with Crippen molar-refractivity contribution in [3.8, 4) is 0 Å². The largest absolute Gasteiger partial charge is 0.0654 e. The fourth-order valence-corrected chi connectivity index (χ4v) is 1.48. The summed E-state index contributed by atoms with van der Waals surface area (Å²) in [5.41, 5.74) is 0. The van der Waals surface area contributed by atoms with Crippen molar-refractivity contribution in [3.05, 3.63) is 0 Å². The molecule has 0 rings (SSSR count). The molecule has 1 atom stereocenters. The Bertz CT molecular complexity index is 89.1. The predicted octanol–water partition coefficient (Wildman–Crippen LogP) is 4.93. The van der Waals surface area contributed by atoms with Crippen LogP contribution in [0.5, 0.6) is 0 Å². The van der Waals surface area contributed by atoms with Gasteiger partial charge in [0, 0.05) is 1.37 Å². The molecule has 0 aromatic rings. The fourth-order valence-electron chi connectivity index (χ4n) is 1.48. The maximum Gasteiger partial charge on any atom is 0.0264 e. The van der Waals surface area contributed by atoms with Gasteiger partial charge in [-0.3, -0.25) is 0 Å². The first-order chi connectivity index (χ1) is 6.27. The molecule has 0 aromatic carbocycles. The first-order valence-corrected chi connectivity index (χ1v) is 5.69. The van der Waals surface area contributed by atoms with E-state index in [9.17, 15) is 0 Å². The Morgan fingerprint density at radius 2 is 1.08 bits per heavy atom. The Hall–Kier alpha value is 0. The van der Waals surface area contributed by atoms with E-state index in [0.717, 1.165) is 6.42 Å². The number of hydrogen-bond acceptors (Lipinski definition) is 0. The standard InChI is InChI=1S/C12H26/c1-3-5-7-9-11-12-10-8-6-4-2/h3-12H2,1-2H3/i3T. The smallest absolute Gasteiger partial charge is 0.0264 e. The summed E-state index contributed by atoms with van der Waals surface area (Å²) >= 11 is 0. The normalized spacial score (nSPS) is 14.3. The summed E-state index contributed by atoms with van der Waals surface area (Å²) in [6.07, 6.45) is 12.2. The third-order valence-corrected chi connectivity index (χ3v) is 2.35. The second kappa shape index (κ2) is 11.0. The highest BCUT2D eigenvalue weighted by Gasteiger charge is 1.90. The van der Waals surface area contributed by atoms with E-state index < -0.39 is 0 Å². The lowest BCUT2D eigenvalue weighted by Gasteiger charge is -1.99. The van der Waals surface area contributed by atoms with Gasteiger partial charge in [-0.25, -0.2) is 0 Å². The summed E-state index contributed by atoms with van der Waals surface area (Å²) < 4.78 is 7.35. The minimum absolute atomic E-state index is 0.153. The van der Waals surface area contributed by atoms with Crippen LogP contribution in [0.15, 0.2) is 0 Å². The van der Waals surface area contributed by atoms with Crippen molar-refractivity contribution in [1.29, 1.82) is 0 Å². The van der Waals surface area contributed by atoms with Crippen LogP contribution in [0.1, 0.15) is 79.4 Å². The molecule has 0 saturated carbocycles. The summed E-state index contributed by atoms with van der Waals surface area (Å²) in [4.78, 5) is 0. The average molecular weight is 172 g/mol. The van der Waals surface area contributed by atoms with Crippen LogP contribution < -0.4 is 0 Å². The molecule has 0 heterocycles. The number of rotatable bonds is 9. The van der Waals surface area contributed by atoms with Crippen LogP contribution in [0.3, 0.4) is 0 Å². The van der Waals surface area contributed by atoms with Gasteiger partial charge >= 0.3 is 0 Å². The minimum atomic E-state index is 0.153. The van der Waals surface area contributed by atoms with Gasteiger partial charge in [0.25, 0.3) is 0 Å². The quantitative estimate of drug-likeness (QED) is 0.433. The zero-order valence-electron chi connectivity index (χ0n) is 9.94. The van der Waals surface area contributed by atoms with Crippen LogP contribution in [-0.4, -0.2) is 0 Å². The third kappa shape index (κ3) is 10.0. The first kappa shape index (κ1) is 10.1. The molecule has 0 amide bonds. The maximum atomic E-state index is 7.35. The van der Waals surface area contributed by atoms with Gasteiger partial charge in [0.1, 0.15) is 0 Å². The van der Waals surface area contributed by atoms with Gasteiger partial charge in [-0.1, -0.05) is 78.0 Å². The second-order valence-corrected chi connectivity index (χ2v) is 3.67. The second-order valence-electron chi connectivity index (χ2n) is 3.67. The Labute approximate surface area is 80.2 Å². The van der Waals surface area contributed by atoms with Crippen molar-refractivity contribution in [2.75, 3.05) is 0 Å². The van der Waals surface area contributed by atoms with Gasteiger partial charge < -0.3 is 0 Å². The Balaban J connectivity index is 2.84. The van der Waals surface area contributed by atoms with Gasteiger partial charge in [-0.15, -0.1) is 0 Å². The molecule has 0 fully saturated rings. The van der Waals surface area contributed by atoms with E-state index in [1.54, 1.807) is 0 Å². The van der Waals surface area contributed by atoms with Gasteiger partial charge in [0.15, 0.2) is 0 Å². The Morgan fingerprint density at radius 3 is 1.50 bits per heavy atom. The first-order valence-electron chi connectivity index (χ1n) is 6.27. The lowest BCUT2D eigenvalue weighted by atomic mass is 10.1. The van der Waals surface area contributed by atoms with Crippen LogP contribution in [0.25, 0.3) is 0 Å². The zero-order chi connectivity index (χ0) is 9.94. The Morgan fingerprint density at radius 1 is 0.667 bits per heavy atom. The topological polar surface area (TPSA) is 0 Å². The maximum absolute atomic E-state index is 7.35. The molecule has 0 nitrogen and oxygen atoms in total. The molecule has 0 N–H and O–H groups in total. The summed E-state index contributed by atoms with van der Waals surface area (Å²) in [7, 11) is 0. The average Bonchev–Trinajstić information content (AvgIpc) is 2.09. The summed E-state index contributed by atoms with van der Waals surface area (Å²) in [6.45, 7) is 4.25. The number of unbranched alkanes of at least 4 members (excludes halogenated alkanes) is 7. The van der Waals surface area contributed by atoms with Crippen LogP contribution >= 0.6 is 0 Å². The van der Waals surface area contributed by atoms with Crippen LogP contribution in [-0.2, 0) is 0 Å². The number of hydrogen-bond donors (Lipinski definition) is 0. The van der Waals surface area contributed by atoms with E-state index in [-0.39, 0.29) is 6.40 Å². The van der Waals surface area contributed by atoms with E-state index in [2.05, 4.69) is 6.92 Å². The molecule has 0 spiro atoms. The fraction of sp³-hybridized carbons (Fsp3) is 1.00. The molecular weight excluding hydrogens is 144 g/mol. The molecule has 1 unspecified atom stereocenters. The van der Waals surface area contributed by atoms with Gasteiger partial charge in [-0.2, -0.15) is 0 Å². The van der Waals surface area contributed by atoms with Crippen LogP contribution in [0.2, 0.25) is 0 Å². The molecular formula is C12H26. The molecule has 0 heteroatoms. The molecule has 0 aliphatic rings.